The third kappa shape index (κ3) is 2.88. The summed E-state index contributed by atoms with van der Waals surface area (Å²) in [6.45, 7) is 6.61. The van der Waals surface area contributed by atoms with E-state index in [2.05, 4.69) is 30.1 Å². The van der Waals surface area contributed by atoms with Gasteiger partial charge in [-0.25, -0.2) is 0 Å². The van der Waals surface area contributed by atoms with E-state index in [1.54, 1.807) is 0 Å². The van der Waals surface area contributed by atoms with E-state index in [0.717, 1.165) is 12.2 Å². The van der Waals surface area contributed by atoms with Crippen LogP contribution in [0.1, 0.15) is 44.0 Å². The second-order valence-corrected chi connectivity index (χ2v) is 4.44. The van der Waals surface area contributed by atoms with Crippen LogP contribution in [-0.2, 0) is 13.0 Å². The first-order valence-corrected chi connectivity index (χ1v) is 6.24. The first kappa shape index (κ1) is 12.6. The van der Waals surface area contributed by atoms with E-state index in [4.69, 9.17) is 9.26 Å². The summed E-state index contributed by atoms with van der Waals surface area (Å²) in [6, 6.07) is 8.03. The first-order valence-electron chi connectivity index (χ1n) is 6.24. The van der Waals surface area contributed by atoms with Crippen LogP contribution in [-0.4, -0.2) is 10.1 Å². The zero-order chi connectivity index (χ0) is 13.0. The van der Waals surface area contributed by atoms with E-state index in [0.29, 0.717) is 24.2 Å². The van der Waals surface area contributed by atoms with Crippen molar-refractivity contribution in [2.75, 3.05) is 0 Å². The minimum Gasteiger partial charge on any atom is -0.485 e. The monoisotopic (exact) mass is 246 g/mol. The number of para-hydroxylation sites is 1. The van der Waals surface area contributed by atoms with E-state index in [-0.39, 0.29) is 0 Å². The Hall–Kier alpha value is -1.84. The number of benzene rings is 1. The molecule has 2 aromatic rings. The maximum Gasteiger partial charge on any atom is 0.226 e. The summed E-state index contributed by atoms with van der Waals surface area (Å²) < 4.78 is 10.8. The van der Waals surface area contributed by atoms with Crippen LogP contribution in [0, 0.1) is 0 Å². The van der Waals surface area contributed by atoms with Crippen molar-refractivity contribution in [3.8, 4) is 5.75 Å². The van der Waals surface area contributed by atoms with Crippen molar-refractivity contribution in [3.05, 3.63) is 41.5 Å². The van der Waals surface area contributed by atoms with Crippen molar-refractivity contribution in [1.82, 2.24) is 10.1 Å². The van der Waals surface area contributed by atoms with Gasteiger partial charge in [-0.3, -0.25) is 0 Å². The van der Waals surface area contributed by atoms with Gasteiger partial charge >= 0.3 is 0 Å². The van der Waals surface area contributed by atoms with Gasteiger partial charge in [0.2, 0.25) is 11.7 Å². The molecular weight excluding hydrogens is 228 g/mol. The van der Waals surface area contributed by atoms with Gasteiger partial charge in [0.1, 0.15) is 5.75 Å². The summed E-state index contributed by atoms with van der Waals surface area (Å²) in [6.07, 6.45) is 0.746. The van der Waals surface area contributed by atoms with Gasteiger partial charge in [-0.05, 0) is 17.5 Å². The third-order valence-corrected chi connectivity index (χ3v) is 2.71. The normalized spacial score (nSPS) is 10.9. The SMILES string of the molecule is CCc1nc(COc2ccccc2C(C)C)no1. The molecule has 0 unspecified atom stereocenters. The smallest absolute Gasteiger partial charge is 0.226 e. The molecule has 1 aromatic carbocycles. The molecule has 0 bridgehead atoms. The van der Waals surface area contributed by atoms with Crippen molar-refractivity contribution in [1.29, 1.82) is 0 Å². The van der Waals surface area contributed by atoms with Crippen LogP contribution in [0.2, 0.25) is 0 Å². The molecule has 0 spiro atoms. The quantitative estimate of drug-likeness (QED) is 0.811. The van der Waals surface area contributed by atoms with Gasteiger partial charge in [0, 0.05) is 6.42 Å². The average Bonchev–Trinajstić information content (AvgIpc) is 2.84. The maximum absolute atomic E-state index is 5.76. The Morgan fingerprint density at radius 2 is 2.06 bits per heavy atom. The van der Waals surface area contributed by atoms with Crippen LogP contribution in [0.25, 0.3) is 0 Å². The Labute approximate surface area is 107 Å². The van der Waals surface area contributed by atoms with E-state index in [9.17, 15) is 0 Å². The summed E-state index contributed by atoms with van der Waals surface area (Å²) in [7, 11) is 0. The van der Waals surface area contributed by atoms with Crippen LogP contribution < -0.4 is 4.74 Å². The van der Waals surface area contributed by atoms with Crippen molar-refractivity contribution in [2.24, 2.45) is 0 Å². The molecule has 0 aliphatic rings. The molecule has 2 rings (SSSR count). The molecule has 1 heterocycles. The average molecular weight is 246 g/mol. The summed E-state index contributed by atoms with van der Waals surface area (Å²) in [5.41, 5.74) is 1.19. The fourth-order valence-corrected chi connectivity index (χ4v) is 1.72. The number of aryl methyl sites for hydroxylation is 1. The summed E-state index contributed by atoms with van der Waals surface area (Å²) >= 11 is 0. The molecule has 0 saturated heterocycles. The lowest BCUT2D eigenvalue weighted by Crippen LogP contribution is -2.01. The van der Waals surface area contributed by atoms with Gasteiger partial charge in [0.15, 0.2) is 6.61 Å². The first-order chi connectivity index (χ1) is 8.70. The second kappa shape index (κ2) is 5.67. The topological polar surface area (TPSA) is 48.2 Å². The van der Waals surface area contributed by atoms with Crippen LogP contribution in [0.3, 0.4) is 0 Å². The van der Waals surface area contributed by atoms with Crippen LogP contribution >= 0.6 is 0 Å². The molecule has 0 N–H and O–H groups in total. The van der Waals surface area contributed by atoms with Crippen molar-refractivity contribution < 1.29 is 9.26 Å². The Balaban J connectivity index is 2.05. The molecular formula is C14H18N2O2. The Bertz CT molecular complexity index is 506. The van der Waals surface area contributed by atoms with Gasteiger partial charge in [-0.2, -0.15) is 4.98 Å². The molecule has 0 atom stereocenters. The predicted octanol–water partition coefficient (Wildman–Crippen LogP) is 3.33. The lowest BCUT2D eigenvalue weighted by molar-refractivity contribution is 0.282. The maximum atomic E-state index is 5.76. The van der Waals surface area contributed by atoms with Crippen molar-refractivity contribution in [2.45, 2.75) is 39.7 Å². The molecule has 0 amide bonds. The molecule has 96 valence electrons. The molecule has 0 saturated carbocycles. The second-order valence-electron chi connectivity index (χ2n) is 4.44. The van der Waals surface area contributed by atoms with Crippen molar-refractivity contribution in [3.63, 3.8) is 0 Å². The lowest BCUT2D eigenvalue weighted by Gasteiger charge is -2.12. The van der Waals surface area contributed by atoms with E-state index >= 15 is 0 Å². The molecule has 0 aliphatic heterocycles. The number of hydrogen-bond donors (Lipinski definition) is 0. The van der Waals surface area contributed by atoms with E-state index in [1.165, 1.54) is 5.56 Å². The highest BCUT2D eigenvalue weighted by molar-refractivity contribution is 5.35. The minimum atomic E-state index is 0.341. The highest BCUT2D eigenvalue weighted by Gasteiger charge is 2.09. The predicted molar refractivity (Wildman–Crippen MR) is 68.5 cm³/mol. The van der Waals surface area contributed by atoms with Gasteiger partial charge in [-0.15, -0.1) is 0 Å². The Morgan fingerprint density at radius 1 is 1.28 bits per heavy atom. The van der Waals surface area contributed by atoms with E-state index < -0.39 is 0 Å². The van der Waals surface area contributed by atoms with E-state index in [1.807, 2.05) is 25.1 Å². The molecule has 0 radical (unpaired) electrons. The fourth-order valence-electron chi connectivity index (χ4n) is 1.72. The summed E-state index contributed by atoms with van der Waals surface area (Å²) in [4.78, 5) is 4.22. The highest BCUT2D eigenvalue weighted by atomic mass is 16.5. The zero-order valence-electron chi connectivity index (χ0n) is 11.0. The number of hydrogen-bond acceptors (Lipinski definition) is 4. The third-order valence-electron chi connectivity index (χ3n) is 2.71. The Kier molecular flexibility index (Phi) is 3.97. The number of rotatable bonds is 5. The van der Waals surface area contributed by atoms with Gasteiger partial charge in [-0.1, -0.05) is 44.1 Å². The van der Waals surface area contributed by atoms with Crippen LogP contribution in [0.15, 0.2) is 28.8 Å². The highest BCUT2D eigenvalue weighted by Crippen LogP contribution is 2.26. The Morgan fingerprint density at radius 3 is 2.72 bits per heavy atom. The number of nitrogens with zero attached hydrogens (tertiary/aromatic N) is 2. The minimum absolute atomic E-state index is 0.341. The molecule has 18 heavy (non-hydrogen) atoms. The van der Waals surface area contributed by atoms with Crippen molar-refractivity contribution >= 4 is 0 Å². The summed E-state index contributed by atoms with van der Waals surface area (Å²) in [5.74, 6) is 2.55. The lowest BCUT2D eigenvalue weighted by atomic mass is 10.0. The standard InChI is InChI=1S/C14H18N2O2/c1-4-14-15-13(16-18-14)9-17-12-8-6-5-7-11(12)10(2)3/h5-8,10H,4,9H2,1-3H3. The van der Waals surface area contributed by atoms with Gasteiger partial charge in [0.25, 0.3) is 0 Å². The van der Waals surface area contributed by atoms with Crippen LogP contribution in [0.5, 0.6) is 5.75 Å². The molecule has 4 heteroatoms. The molecule has 1 aromatic heterocycles. The number of aromatic nitrogens is 2. The largest absolute Gasteiger partial charge is 0.485 e. The summed E-state index contributed by atoms with van der Waals surface area (Å²) in [5, 5.41) is 3.87. The molecule has 0 aliphatic carbocycles. The number of ether oxygens (including phenoxy) is 1. The molecule has 4 nitrogen and oxygen atoms in total. The van der Waals surface area contributed by atoms with Gasteiger partial charge < -0.3 is 9.26 Å². The van der Waals surface area contributed by atoms with Gasteiger partial charge in [0.05, 0.1) is 0 Å². The zero-order valence-corrected chi connectivity index (χ0v) is 11.0. The van der Waals surface area contributed by atoms with Crippen LogP contribution in [0.4, 0.5) is 0 Å². The molecule has 0 fully saturated rings. The fraction of sp³-hybridized carbons (Fsp3) is 0.429.